The van der Waals surface area contributed by atoms with Crippen LogP contribution >= 0.6 is 0 Å². The summed E-state index contributed by atoms with van der Waals surface area (Å²) in [5, 5.41) is 3.49. The first-order chi connectivity index (χ1) is 8.00. The highest BCUT2D eigenvalue weighted by Gasteiger charge is 2.30. The summed E-state index contributed by atoms with van der Waals surface area (Å²) in [6.45, 7) is 11.6. The number of hydrogen-bond donors (Lipinski definition) is 1. The van der Waals surface area contributed by atoms with Gasteiger partial charge in [0.05, 0.1) is 0 Å². The summed E-state index contributed by atoms with van der Waals surface area (Å²) in [7, 11) is 2.33. The second-order valence-corrected chi connectivity index (χ2v) is 6.43. The van der Waals surface area contributed by atoms with Crippen molar-refractivity contribution in [3.05, 3.63) is 0 Å². The van der Waals surface area contributed by atoms with E-state index in [0.29, 0.717) is 11.5 Å². The standard InChI is InChI=1S/C15H32N2/c1-6-13(12-16-7-2)17(5)14-8-10-15(3,4)11-9-14/h13-14,16H,6-12H2,1-5H3. The molecule has 1 unspecified atom stereocenters. The first kappa shape index (κ1) is 15.0. The highest BCUT2D eigenvalue weighted by molar-refractivity contribution is 4.85. The highest BCUT2D eigenvalue weighted by atomic mass is 15.2. The van der Waals surface area contributed by atoms with Crippen LogP contribution < -0.4 is 5.32 Å². The molecule has 1 fully saturated rings. The quantitative estimate of drug-likeness (QED) is 0.766. The molecule has 0 amide bonds. The van der Waals surface area contributed by atoms with Crippen LogP contribution in [0.2, 0.25) is 0 Å². The van der Waals surface area contributed by atoms with E-state index in [4.69, 9.17) is 0 Å². The zero-order valence-corrected chi connectivity index (χ0v) is 12.6. The molecule has 2 nitrogen and oxygen atoms in total. The SMILES string of the molecule is CCNCC(CC)N(C)C1CCC(C)(C)CC1. The van der Waals surface area contributed by atoms with E-state index < -0.39 is 0 Å². The van der Waals surface area contributed by atoms with Gasteiger partial charge in [-0.25, -0.2) is 0 Å². The summed E-state index contributed by atoms with van der Waals surface area (Å²) in [6.07, 6.45) is 6.79. The second-order valence-electron chi connectivity index (χ2n) is 6.43. The van der Waals surface area contributed by atoms with E-state index in [1.807, 2.05) is 0 Å². The molecule has 0 saturated heterocycles. The number of rotatable bonds is 6. The molecule has 0 aromatic rings. The van der Waals surface area contributed by atoms with Gasteiger partial charge in [0.1, 0.15) is 0 Å². The van der Waals surface area contributed by atoms with Gasteiger partial charge >= 0.3 is 0 Å². The molecule has 1 N–H and O–H groups in total. The molecule has 102 valence electrons. The van der Waals surface area contributed by atoms with Gasteiger partial charge in [-0.1, -0.05) is 27.7 Å². The Balaban J connectivity index is 2.43. The predicted octanol–water partition coefficient (Wildman–Crippen LogP) is 3.28. The summed E-state index contributed by atoms with van der Waals surface area (Å²) in [4.78, 5) is 2.64. The third kappa shape index (κ3) is 4.59. The lowest BCUT2D eigenvalue weighted by Gasteiger charge is -2.41. The second kappa shape index (κ2) is 6.75. The molecular weight excluding hydrogens is 208 g/mol. The van der Waals surface area contributed by atoms with Crippen LogP contribution in [-0.4, -0.2) is 37.1 Å². The minimum absolute atomic E-state index is 0.584. The molecule has 0 radical (unpaired) electrons. The van der Waals surface area contributed by atoms with Crippen molar-refractivity contribution in [1.82, 2.24) is 10.2 Å². The topological polar surface area (TPSA) is 15.3 Å². The first-order valence-corrected chi connectivity index (χ1v) is 7.43. The average Bonchev–Trinajstić information content (AvgIpc) is 2.29. The molecule has 0 aromatic heterocycles. The summed E-state index contributed by atoms with van der Waals surface area (Å²) in [5.41, 5.74) is 0.584. The first-order valence-electron chi connectivity index (χ1n) is 7.43. The van der Waals surface area contributed by atoms with E-state index in [1.54, 1.807) is 0 Å². The van der Waals surface area contributed by atoms with Crippen LogP contribution in [0.1, 0.15) is 59.8 Å². The molecule has 0 bridgehead atoms. The van der Waals surface area contributed by atoms with Crippen molar-refractivity contribution in [2.45, 2.75) is 71.9 Å². The van der Waals surface area contributed by atoms with Crippen LogP contribution in [-0.2, 0) is 0 Å². The fraction of sp³-hybridized carbons (Fsp3) is 1.00. The Morgan fingerprint density at radius 3 is 2.29 bits per heavy atom. The Bertz CT molecular complexity index is 203. The van der Waals surface area contributed by atoms with Crippen molar-refractivity contribution < 1.29 is 0 Å². The van der Waals surface area contributed by atoms with E-state index in [-0.39, 0.29) is 0 Å². The molecule has 1 aliphatic rings. The number of nitrogens with zero attached hydrogens (tertiary/aromatic N) is 1. The van der Waals surface area contributed by atoms with Gasteiger partial charge in [-0.3, -0.25) is 4.90 Å². The lowest BCUT2D eigenvalue weighted by Crippen LogP contribution is -2.47. The molecule has 1 saturated carbocycles. The maximum Gasteiger partial charge on any atom is 0.0217 e. The van der Waals surface area contributed by atoms with Crippen LogP contribution in [0.25, 0.3) is 0 Å². The minimum Gasteiger partial charge on any atom is -0.315 e. The van der Waals surface area contributed by atoms with Gasteiger partial charge in [0, 0.05) is 18.6 Å². The van der Waals surface area contributed by atoms with Gasteiger partial charge in [0.2, 0.25) is 0 Å². The Morgan fingerprint density at radius 1 is 1.24 bits per heavy atom. The fourth-order valence-electron chi connectivity index (χ4n) is 2.98. The van der Waals surface area contributed by atoms with Gasteiger partial charge in [-0.05, 0) is 51.1 Å². The van der Waals surface area contributed by atoms with Crippen LogP contribution in [0.15, 0.2) is 0 Å². The maximum atomic E-state index is 3.49. The average molecular weight is 240 g/mol. The summed E-state index contributed by atoms with van der Waals surface area (Å²) in [6, 6.07) is 1.52. The third-order valence-electron chi connectivity index (χ3n) is 4.56. The van der Waals surface area contributed by atoms with Gasteiger partial charge in [-0.15, -0.1) is 0 Å². The molecule has 17 heavy (non-hydrogen) atoms. The molecule has 2 heteroatoms. The molecule has 1 rings (SSSR count). The van der Waals surface area contributed by atoms with Crippen molar-refractivity contribution in [3.63, 3.8) is 0 Å². The highest BCUT2D eigenvalue weighted by Crippen LogP contribution is 2.37. The molecule has 0 spiro atoms. The maximum absolute atomic E-state index is 3.49. The Hall–Kier alpha value is -0.0800. The summed E-state index contributed by atoms with van der Waals surface area (Å²) in [5.74, 6) is 0. The molecule has 0 aromatic carbocycles. The minimum atomic E-state index is 0.584. The van der Waals surface area contributed by atoms with Crippen LogP contribution in [0, 0.1) is 5.41 Å². The number of nitrogens with one attached hydrogen (secondary N) is 1. The van der Waals surface area contributed by atoms with E-state index in [0.717, 1.165) is 19.1 Å². The van der Waals surface area contributed by atoms with Crippen molar-refractivity contribution in [1.29, 1.82) is 0 Å². The number of likely N-dealkylation sites (N-methyl/N-ethyl adjacent to an activating group) is 2. The lowest BCUT2D eigenvalue weighted by molar-refractivity contribution is 0.0920. The van der Waals surface area contributed by atoms with Crippen LogP contribution in [0.5, 0.6) is 0 Å². The third-order valence-corrected chi connectivity index (χ3v) is 4.56. The Morgan fingerprint density at radius 2 is 1.82 bits per heavy atom. The van der Waals surface area contributed by atoms with Gasteiger partial charge in [0.25, 0.3) is 0 Å². The Labute approximate surface area is 108 Å². The van der Waals surface area contributed by atoms with Crippen molar-refractivity contribution in [2.24, 2.45) is 5.41 Å². The van der Waals surface area contributed by atoms with E-state index in [2.05, 4.69) is 45.0 Å². The largest absolute Gasteiger partial charge is 0.315 e. The summed E-state index contributed by atoms with van der Waals surface area (Å²) < 4.78 is 0. The molecule has 0 aliphatic heterocycles. The molecular formula is C15H32N2. The van der Waals surface area contributed by atoms with E-state index in [9.17, 15) is 0 Å². The van der Waals surface area contributed by atoms with Crippen molar-refractivity contribution in [2.75, 3.05) is 20.1 Å². The molecule has 0 heterocycles. The lowest BCUT2D eigenvalue weighted by atomic mass is 9.75. The number of hydrogen-bond acceptors (Lipinski definition) is 2. The zero-order valence-electron chi connectivity index (χ0n) is 12.6. The van der Waals surface area contributed by atoms with Crippen molar-refractivity contribution in [3.8, 4) is 0 Å². The van der Waals surface area contributed by atoms with Gasteiger partial charge in [-0.2, -0.15) is 0 Å². The van der Waals surface area contributed by atoms with E-state index >= 15 is 0 Å². The molecule has 1 atom stereocenters. The van der Waals surface area contributed by atoms with Crippen molar-refractivity contribution >= 4 is 0 Å². The fourth-order valence-corrected chi connectivity index (χ4v) is 2.98. The van der Waals surface area contributed by atoms with E-state index in [1.165, 1.54) is 32.1 Å². The van der Waals surface area contributed by atoms with Crippen LogP contribution in [0.4, 0.5) is 0 Å². The Kier molecular flexibility index (Phi) is 5.94. The van der Waals surface area contributed by atoms with Gasteiger partial charge < -0.3 is 5.32 Å². The monoisotopic (exact) mass is 240 g/mol. The zero-order chi connectivity index (χ0) is 12.9. The van der Waals surface area contributed by atoms with Gasteiger partial charge in [0.15, 0.2) is 0 Å². The molecule has 1 aliphatic carbocycles. The smallest absolute Gasteiger partial charge is 0.0217 e. The summed E-state index contributed by atoms with van der Waals surface area (Å²) >= 11 is 0. The predicted molar refractivity (Wildman–Crippen MR) is 76.4 cm³/mol. The van der Waals surface area contributed by atoms with Crippen LogP contribution in [0.3, 0.4) is 0 Å². The normalized spacial score (nSPS) is 22.9.